The number of nitrogens with one attached hydrogen (secondary N) is 4. The van der Waals surface area contributed by atoms with E-state index in [-0.39, 0.29) is 0 Å². The van der Waals surface area contributed by atoms with Crippen molar-refractivity contribution >= 4 is 12.0 Å². The summed E-state index contributed by atoms with van der Waals surface area (Å²) in [4.78, 5) is 23.5. The van der Waals surface area contributed by atoms with E-state index >= 15 is 0 Å². The number of carboxylic acids is 1. The normalized spacial score (nSPS) is 18.4. The van der Waals surface area contributed by atoms with Gasteiger partial charge < -0.3 is 21.1 Å². The monoisotopic (exact) mass is 440 g/mol. The molecule has 3 rings (SSSR count). The van der Waals surface area contributed by atoms with Crippen LogP contribution in [0, 0.1) is 0 Å². The second-order valence-electron chi connectivity index (χ2n) is 8.58. The highest BCUT2D eigenvalue weighted by Crippen LogP contribution is 2.21. The number of hydrogen-bond donors (Lipinski definition) is 5. The highest BCUT2D eigenvalue weighted by Gasteiger charge is 2.21. The first-order chi connectivity index (χ1) is 15.6. The van der Waals surface area contributed by atoms with Crippen LogP contribution in [-0.4, -0.2) is 35.9 Å². The number of hydrogen-bond acceptors (Lipinski definition) is 4. The van der Waals surface area contributed by atoms with Gasteiger partial charge in [0.2, 0.25) is 0 Å². The summed E-state index contributed by atoms with van der Waals surface area (Å²) in [7, 11) is 0. The zero-order valence-electron chi connectivity index (χ0n) is 18.7. The first-order valence-electron chi connectivity index (χ1n) is 11.8. The standard InChI is InChI=1S/C25H36N4O3/c30-24(31)22(29-25(32)27-18-19-10-5-4-6-11-19)14-8-3-1-2-7-13-21-16-15-20-12-9-17-26-23(20)28-21/h4-6,10-11,15-16,22-23,26,28H,1-3,7-9,12-14,17-18H2,(H,30,31)(H2,27,29,32)/t22-,23?/m0/s1. The van der Waals surface area contributed by atoms with Crippen LogP contribution in [0.25, 0.3) is 0 Å². The van der Waals surface area contributed by atoms with Gasteiger partial charge in [0.15, 0.2) is 0 Å². The summed E-state index contributed by atoms with van der Waals surface area (Å²) in [5.74, 6) is -0.987. The molecule has 5 N–H and O–H groups in total. The van der Waals surface area contributed by atoms with Gasteiger partial charge in [-0.05, 0) is 55.9 Å². The van der Waals surface area contributed by atoms with Gasteiger partial charge in [-0.3, -0.25) is 5.32 Å². The SMILES string of the molecule is O=C(NCc1ccccc1)N[C@@H](CCCCCCCC1=CC=C2CCCNC2N1)C(=O)O. The Bertz CT molecular complexity index is 807. The number of carbonyl (C=O) groups excluding carboxylic acids is 1. The van der Waals surface area contributed by atoms with Crippen molar-refractivity contribution in [1.82, 2.24) is 21.3 Å². The molecule has 1 fully saturated rings. The van der Waals surface area contributed by atoms with Crippen molar-refractivity contribution in [1.29, 1.82) is 0 Å². The molecule has 7 heteroatoms. The van der Waals surface area contributed by atoms with E-state index in [1.54, 1.807) is 0 Å². The Morgan fingerprint density at radius 3 is 2.66 bits per heavy atom. The smallest absolute Gasteiger partial charge is 0.326 e. The van der Waals surface area contributed by atoms with Crippen molar-refractivity contribution in [3.63, 3.8) is 0 Å². The maximum atomic E-state index is 12.0. The molecule has 174 valence electrons. The van der Waals surface area contributed by atoms with Crippen LogP contribution in [0.1, 0.15) is 63.4 Å². The summed E-state index contributed by atoms with van der Waals surface area (Å²) in [6.45, 7) is 1.45. The Balaban J connectivity index is 1.25. The molecule has 2 heterocycles. The fourth-order valence-electron chi connectivity index (χ4n) is 4.17. The molecule has 0 spiro atoms. The van der Waals surface area contributed by atoms with Gasteiger partial charge in [-0.2, -0.15) is 0 Å². The predicted molar refractivity (Wildman–Crippen MR) is 126 cm³/mol. The van der Waals surface area contributed by atoms with Crippen LogP contribution in [0.2, 0.25) is 0 Å². The maximum Gasteiger partial charge on any atom is 0.326 e. The van der Waals surface area contributed by atoms with Crippen LogP contribution in [0.4, 0.5) is 4.79 Å². The summed E-state index contributed by atoms with van der Waals surface area (Å²) in [6.07, 6.45) is 13.7. The van der Waals surface area contributed by atoms with E-state index in [1.807, 2.05) is 30.3 Å². The maximum absolute atomic E-state index is 12.0. The largest absolute Gasteiger partial charge is 0.480 e. The van der Waals surface area contributed by atoms with Crippen molar-refractivity contribution in [3.05, 3.63) is 59.3 Å². The van der Waals surface area contributed by atoms with Gasteiger partial charge in [-0.15, -0.1) is 0 Å². The summed E-state index contributed by atoms with van der Waals surface area (Å²) >= 11 is 0. The first kappa shape index (κ1) is 23.9. The lowest BCUT2D eigenvalue weighted by Gasteiger charge is -2.32. The highest BCUT2D eigenvalue weighted by molar-refractivity contribution is 5.82. The van der Waals surface area contributed by atoms with Gasteiger partial charge in [0.05, 0.1) is 6.17 Å². The molecule has 0 radical (unpaired) electrons. The van der Waals surface area contributed by atoms with Crippen LogP contribution in [-0.2, 0) is 11.3 Å². The molecule has 0 aliphatic carbocycles. The second kappa shape index (κ2) is 12.9. The number of carbonyl (C=O) groups is 2. The lowest BCUT2D eigenvalue weighted by Crippen LogP contribution is -2.47. The average Bonchev–Trinajstić information content (AvgIpc) is 2.81. The number of urea groups is 1. The van der Waals surface area contributed by atoms with E-state index in [2.05, 4.69) is 33.4 Å². The minimum atomic E-state index is -0.987. The van der Waals surface area contributed by atoms with Crippen LogP contribution in [0.3, 0.4) is 0 Å². The van der Waals surface area contributed by atoms with Gasteiger partial charge in [-0.25, -0.2) is 9.59 Å². The quantitative estimate of drug-likeness (QED) is 0.318. The number of benzene rings is 1. The lowest BCUT2D eigenvalue weighted by atomic mass is 9.98. The fourth-order valence-corrected chi connectivity index (χ4v) is 4.17. The number of dihydropyridines is 1. The van der Waals surface area contributed by atoms with E-state index in [0.717, 1.165) is 50.6 Å². The first-order valence-corrected chi connectivity index (χ1v) is 11.8. The number of rotatable bonds is 12. The minimum Gasteiger partial charge on any atom is -0.480 e. The Morgan fingerprint density at radius 2 is 1.84 bits per heavy atom. The van der Waals surface area contributed by atoms with Crippen molar-refractivity contribution in [2.75, 3.05) is 6.54 Å². The molecule has 2 amide bonds. The zero-order chi connectivity index (χ0) is 22.6. The molecule has 1 unspecified atom stereocenters. The van der Waals surface area contributed by atoms with Crippen LogP contribution in [0.15, 0.2) is 53.8 Å². The molecule has 32 heavy (non-hydrogen) atoms. The van der Waals surface area contributed by atoms with Gasteiger partial charge in [0, 0.05) is 12.2 Å². The second-order valence-corrected chi connectivity index (χ2v) is 8.58. The summed E-state index contributed by atoms with van der Waals surface area (Å²) in [5.41, 5.74) is 3.72. The van der Waals surface area contributed by atoms with Crippen LogP contribution in [0.5, 0.6) is 0 Å². The lowest BCUT2D eigenvalue weighted by molar-refractivity contribution is -0.139. The molecule has 0 bridgehead atoms. The number of allylic oxidation sites excluding steroid dienone is 3. The zero-order valence-corrected chi connectivity index (χ0v) is 18.7. The van der Waals surface area contributed by atoms with Crippen molar-refractivity contribution in [2.24, 2.45) is 0 Å². The molecule has 2 aliphatic rings. The number of carboxylic acid groups (broad SMARTS) is 1. The van der Waals surface area contributed by atoms with Crippen LogP contribution >= 0.6 is 0 Å². The Morgan fingerprint density at radius 1 is 1.06 bits per heavy atom. The van der Waals surface area contributed by atoms with Gasteiger partial charge in [0.1, 0.15) is 6.04 Å². The van der Waals surface area contributed by atoms with E-state index in [4.69, 9.17) is 0 Å². The highest BCUT2D eigenvalue weighted by atomic mass is 16.4. The molecule has 1 aromatic rings. The molecule has 7 nitrogen and oxygen atoms in total. The molecule has 1 saturated heterocycles. The number of fused-ring (bicyclic) bond motifs is 1. The number of unbranched alkanes of at least 4 members (excludes halogenated alkanes) is 4. The van der Waals surface area contributed by atoms with Crippen molar-refractivity contribution in [3.8, 4) is 0 Å². The summed E-state index contributed by atoms with van der Waals surface area (Å²) < 4.78 is 0. The Labute approximate surface area is 190 Å². The number of aliphatic carboxylic acids is 1. The third-order valence-electron chi connectivity index (χ3n) is 6.03. The number of amides is 2. The van der Waals surface area contributed by atoms with E-state index in [1.165, 1.54) is 24.1 Å². The third-order valence-corrected chi connectivity index (χ3v) is 6.03. The molecule has 1 aromatic carbocycles. The molecular weight excluding hydrogens is 404 g/mol. The van der Waals surface area contributed by atoms with Crippen molar-refractivity contribution in [2.45, 2.75) is 76.5 Å². The molecule has 0 aromatic heterocycles. The summed E-state index contributed by atoms with van der Waals surface area (Å²) in [5, 5.41) is 21.8. The van der Waals surface area contributed by atoms with E-state index in [0.29, 0.717) is 19.1 Å². The number of piperidine rings is 1. The molecule has 2 aliphatic heterocycles. The average molecular weight is 441 g/mol. The molecule has 2 atom stereocenters. The van der Waals surface area contributed by atoms with Crippen LogP contribution < -0.4 is 21.3 Å². The van der Waals surface area contributed by atoms with Crippen molar-refractivity contribution < 1.29 is 14.7 Å². The Hall–Kier alpha value is -2.80. The Kier molecular flexibility index (Phi) is 9.62. The molecule has 0 saturated carbocycles. The van der Waals surface area contributed by atoms with Gasteiger partial charge in [-0.1, -0.05) is 62.1 Å². The summed E-state index contributed by atoms with van der Waals surface area (Å²) in [6, 6.07) is 8.24. The topological polar surface area (TPSA) is 102 Å². The van der Waals surface area contributed by atoms with E-state index in [9.17, 15) is 14.7 Å². The molecular formula is C25H36N4O3. The predicted octanol–water partition coefficient (Wildman–Crippen LogP) is 3.79. The van der Waals surface area contributed by atoms with E-state index < -0.39 is 18.0 Å². The van der Waals surface area contributed by atoms with Gasteiger partial charge >= 0.3 is 12.0 Å². The van der Waals surface area contributed by atoms with Gasteiger partial charge in [0.25, 0.3) is 0 Å². The minimum absolute atomic E-state index is 0.314. The fraction of sp³-hybridized carbons (Fsp3) is 0.520. The third kappa shape index (κ3) is 8.04.